The highest BCUT2D eigenvalue weighted by Gasteiger charge is 2.11. The van der Waals surface area contributed by atoms with Gasteiger partial charge in [0.2, 0.25) is 11.8 Å². The van der Waals surface area contributed by atoms with Gasteiger partial charge in [-0.1, -0.05) is 30.1 Å². The predicted octanol–water partition coefficient (Wildman–Crippen LogP) is 2.80. The maximum atomic E-state index is 11.7. The molecular formula is C12H14Cl2N2O2. The average Bonchev–Trinajstić information content (AvgIpc) is 2.32. The maximum Gasteiger partial charge on any atom is 0.243 e. The molecule has 0 heterocycles. The van der Waals surface area contributed by atoms with Gasteiger partial charge < -0.3 is 10.2 Å². The van der Waals surface area contributed by atoms with E-state index in [2.05, 4.69) is 5.32 Å². The fourth-order valence-electron chi connectivity index (χ4n) is 1.35. The first-order valence-electron chi connectivity index (χ1n) is 5.43. The zero-order chi connectivity index (χ0) is 13.7. The molecule has 0 aliphatic rings. The number of benzene rings is 1. The van der Waals surface area contributed by atoms with Crippen LogP contribution in [0, 0.1) is 0 Å². The zero-order valence-corrected chi connectivity index (χ0v) is 11.7. The normalized spacial score (nSPS) is 10.0. The van der Waals surface area contributed by atoms with E-state index in [0.717, 1.165) is 0 Å². The summed E-state index contributed by atoms with van der Waals surface area (Å²) in [6.45, 7) is 1.75. The Morgan fingerprint density at radius 3 is 2.50 bits per heavy atom. The summed E-state index contributed by atoms with van der Waals surface area (Å²) >= 11 is 11.6. The Morgan fingerprint density at radius 2 is 1.94 bits per heavy atom. The van der Waals surface area contributed by atoms with Crippen molar-refractivity contribution in [3.05, 3.63) is 28.2 Å². The molecule has 1 N–H and O–H groups in total. The first-order valence-corrected chi connectivity index (χ1v) is 6.18. The van der Waals surface area contributed by atoms with E-state index in [1.165, 1.54) is 4.90 Å². The van der Waals surface area contributed by atoms with Crippen molar-refractivity contribution >= 4 is 40.7 Å². The molecule has 0 bridgehead atoms. The minimum Gasteiger partial charge on any atom is -0.336 e. The van der Waals surface area contributed by atoms with E-state index in [0.29, 0.717) is 22.2 Å². The standard InChI is InChI=1S/C12H14Cl2N2O2/c1-3-12(18)16(2)7-11(17)15-8-4-5-9(13)10(14)6-8/h4-6H,3,7H2,1-2H3,(H,15,17). The molecule has 4 nitrogen and oxygen atoms in total. The Labute approximate surface area is 116 Å². The second kappa shape index (κ2) is 6.61. The van der Waals surface area contributed by atoms with E-state index in [4.69, 9.17) is 23.2 Å². The Balaban J connectivity index is 2.59. The van der Waals surface area contributed by atoms with Gasteiger partial charge in [-0.25, -0.2) is 0 Å². The number of rotatable bonds is 4. The van der Waals surface area contributed by atoms with Crippen molar-refractivity contribution in [3.63, 3.8) is 0 Å². The van der Waals surface area contributed by atoms with Crippen LogP contribution in [-0.4, -0.2) is 30.3 Å². The minimum atomic E-state index is -0.280. The summed E-state index contributed by atoms with van der Waals surface area (Å²) in [6.07, 6.45) is 0.372. The van der Waals surface area contributed by atoms with Crippen molar-refractivity contribution in [2.75, 3.05) is 18.9 Å². The van der Waals surface area contributed by atoms with Crippen LogP contribution in [0.4, 0.5) is 5.69 Å². The zero-order valence-electron chi connectivity index (χ0n) is 10.2. The summed E-state index contributed by atoms with van der Waals surface area (Å²) in [5.41, 5.74) is 0.548. The van der Waals surface area contributed by atoms with Crippen LogP contribution in [0.2, 0.25) is 10.0 Å². The summed E-state index contributed by atoms with van der Waals surface area (Å²) in [5.74, 6) is -0.364. The fraction of sp³-hybridized carbons (Fsp3) is 0.333. The number of likely N-dealkylation sites (N-methyl/N-ethyl adjacent to an activating group) is 1. The molecule has 1 aromatic carbocycles. The lowest BCUT2D eigenvalue weighted by atomic mass is 10.3. The highest BCUT2D eigenvalue weighted by molar-refractivity contribution is 6.42. The number of nitrogens with one attached hydrogen (secondary N) is 1. The number of carbonyl (C=O) groups excluding carboxylic acids is 2. The quantitative estimate of drug-likeness (QED) is 0.926. The summed E-state index contributed by atoms with van der Waals surface area (Å²) in [7, 11) is 1.58. The molecule has 0 atom stereocenters. The van der Waals surface area contributed by atoms with Gasteiger partial charge in [-0.15, -0.1) is 0 Å². The molecule has 2 amide bonds. The van der Waals surface area contributed by atoms with Crippen molar-refractivity contribution in [1.82, 2.24) is 4.90 Å². The first kappa shape index (κ1) is 14.8. The van der Waals surface area contributed by atoms with Gasteiger partial charge in [-0.2, -0.15) is 0 Å². The van der Waals surface area contributed by atoms with Crippen molar-refractivity contribution in [2.24, 2.45) is 0 Å². The van der Waals surface area contributed by atoms with Gasteiger partial charge in [-0.05, 0) is 18.2 Å². The van der Waals surface area contributed by atoms with Crippen molar-refractivity contribution in [2.45, 2.75) is 13.3 Å². The molecular weight excluding hydrogens is 275 g/mol. The summed E-state index contributed by atoms with van der Waals surface area (Å²) in [5, 5.41) is 3.44. The molecule has 18 heavy (non-hydrogen) atoms. The molecule has 98 valence electrons. The van der Waals surface area contributed by atoms with E-state index in [9.17, 15) is 9.59 Å². The largest absolute Gasteiger partial charge is 0.336 e. The third-order valence-corrected chi connectivity index (χ3v) is 3.05. The third-order valence-electron chi connectivity index (χ3n) is 2.31. The molecule has 1 rings (SSSR count). The Hall–Kier alpha value is -1.26. The number of amides is 2. The second-order valence-electron chi connectivity index (χ2n) is 3.78. The number of halogens is 2. The SMILES string of the molecule is CCC(=O)N(C)CC(=O)Nc1ccc(Cl)c(Cl)c1. The lowest BCUT2D eigenvalue weighted by Gasteiger charge is -2.15. The van der Waals surface area contributed by atoms with Gasteiger partial charge in [0, 0.05) is 19.2 Å². The van der Waals surface area contributed by atoms with Crippen LogP contribution in [0.15, 0.2) is 18.2 Å². The van der Waals surface area contributed by atoms with Crippen LogP contribution in [0.1, 0.15) is 13.3 Å². The molecule has 1 aromatic rings. The Bertz CT molecular complexity index is 463. The average molecular weight is 289 g/mol. The van der Waals surface area contributed by atoms with Gasteiger partial charge in [0.1, 0.15) is 0 Å². The number of hydrogen-bond donors (Lipinski definition) is 1. The van der Waals surface area contributed by atoms with Crippen LogP contribution in [0.5, 0.6) is 0 Å². The molecule has 0 spiro atoms. The van der Waals surface area contributed by atoms with Gasteiger partial charge in [-0.3, -0.25) is 9.59 Å². The van der Waals surface area contributed by atoms with Crippen molar-refractivity contribution in [3.8, 4) is 0 Å². The fourth-order valence-corrected chi connectivity index (χ4v) is 1.65. The summed E-state index contributed by atoms with van der Waals surface area (Å²) in [4.78, 5) is 24.3. The maximum absolute atomic E-state index is 11.7. The number of nitrogens with zero attached hydrogens (tertiary/aromatic N) is 1. The molecule has 0 saturated heterocycles. The van der Waals surface area contributed by atoms with Gasteiger partial charge >= 0.3 is 0 Å². The molecule has 0 unspecified atom stereocenters. The highest BCUT2D eigenvalue weighted by Crippen LogP contribution is 2.24. The topological polar surface area (TPSA) is 49.4 Å². The van der Waals surface area contributed by atoms with Crippen LogP contribution >= 0.6 is 23.2 Å². The third kappa shape index (κ3) is 4.20. The van der Waals surface area contributed by atoms with E-state index < -0.39 is 0 Å². The second-order valence-corrected chi connectivity index (χ2v) is 4.59. The Kier molecular flexibility index (Phi) is 5.44. The van der Waals surface area contributed by atoms with Crippen LogP contribution in [0.3, 0.4) is 0 Å². The van der Waals surface area contributed by atoms with E-state index in [1.807, 2.05) is 0 Å². The summed E-state index contributed by atoms with van der Waals surface area (Å²) < 4.78 is 0. The lowest BCUT2D eigenvalue weighted by molar-refractivity contribution is -0.133. The van der Waals surface area contributed by atoms with Crippen LogP contribution in [0.25, 0.3) is 0 Å². The van der Waals surface area contributed by atoms with Gasteiger partial charge in [0.25, 0.3) is 0 Å². The van der Waals surface area contributed by atoms with E-state index in [1.54, 1.807) is 32.2 Å². The number of anilines is 1. The molecule has 0 saturated carbocycles. The smallest absolute Gasteiger partial charge is 0.243 e. The van der Waals surface area contributed by atoms with Gasteiger partial charge in [0.05, 0.1) is 16.6 Å². The monoisotopic (exact) mass is 288 g/mol. The molecule has 0 fully saturated rings. The van der Waals surface area contributed by atoms with Crippen molar-refractivity contribution < 1.29 is 9.59 Å². The number of hydrogen-bond acceptors (Lipinski definition) is 2. The van der Waals surface area contributed by atoms with Crippen LogP contribution < -0.4 is 5.32 Å². The van der Waals surface area contributed by atoms with E-state index in [-0.39, 0.29) is 18.4 Å². The van der Waals surface area contributed by atoms with Crippen LogP contribution in [-0.2, 0) is 9.59 Å². The minimum absolute atomic E-state index is 0.00686. The predicted molar refractivity (Wildman–Crippen MR) is 73.0 cm³/mol. The van der Waals surface area contributed by atoms with E-state index >= 15 is 0 Å². The summed E-state index contributed by atoms with van der Waals surface area (Å²) in [6, 6.07) is 4.80. The highest BCUT2D eigenvalue weighted by atomic mass is 35.5. The number of carbonyl (C=O) groups is 2. The molecule has 0 aliphatic heterocycles. The Morgan fingerprint density at radius 1 is 1.28 bits per heavy atom. The van der Waals surface area contributed by atoms with Gasteiger partial charge in [0.15, 0.2) is 0 Å². The lowest BCUT2D eigenvalue weighted by Crippen LogP contribution is -2.34. The molecule has 0 aliphatic carbocycles. The first-order chi connectivity index (χ1) is 8.43. The molecule has 0 radical (unpaired) electrons. The molecule has 0 aromatic heterocycles. The van der Waals surface area contributed by atoms with Crippen molar-refractivity contribution in [1.29, 1.82) is 0 Å². The molecule has 6 heteroatoms.